The minimum atomic E-state index is 0.0756. The third-order valence-corrected chi connectivity index (χ3v) is 2.25. The molecule has 64 valence electrons. The second kappa shape index (κ2) is 3.82. The van der Waals surface area contributed by atoms with E-state index in [-0.39, 0.29) is 11.7 Å². The Morgan fingerprint density at radius 2 is 1.92 bits per heavy atom. The molecule has 0 radical (unpaired) electrons. The summed E-state index contributed by atoms with van der Waals surface area (Å²) in [6.45, 7) is 3.83. The molecule has 0 saturated carbocycles. The zero-order valence-electron chi connectivity index (χ0n) is 7.37. The highest BCUT2D eigenvalue weighted by molar-refractivity contribution is 7.27. The third kappa shape index (κ3) is 1.92. The highest BCUT2D eigenvalue weighted by Crippen LogP contribution is 2.07. The van der Waals surface area contributed by atoms with Crippen molar-refractivity contribution in [2.45, 2.75) is 13.8 Å². The smallest absolute Gasteiger partial charge is 0.166 e. The molecule has 1 aromatic carbocycles. The summed E-state index contributed by atoms with van der Waals surface area (Å²) in [4.78, 5) is 11.6. The minimum absolute atomic E-state index is 0.0756. The second-order valence-electron chi connectivity index (χ2n) is 3.11. The molecule has 1 aromatic rings. The first-order valence-electron chi connectivity index (χ1n) is 4.01. The van der Waals surface area contributed by atoms with Crippen molar-refractivity contribution in [3.63, 3.8) is 0 Å². The summed E-state index contributed by atoms with van der Waals surface area (Å²) in [5.41, 5.74) is 0.817. The van der Waals surface area contributed by atoms with Crippen molar-refractivity contribution in [2.24, 2.45) is 5.92 Å². The van der Waals surface area contributed by atoms with Crippen molar-refractivity contribution in [1.29, 1.82) is 0 Å². The standard InChI is InChI=1S/C10H13OP/c1-7(2)10(11)8-5-3-4-6-9(8)12/h3-7H,12H2,1-2H3. The highest BCUT2D eigenvalue weighted by atomic mass is 31.0. The predicted octanol–water partition coefficient (Wildman–Crippen LogP) is 2.03. The van der Waals surface area contributed by atoms with Crippen LogP contribution in [-0.2, 0) is 0 Å². The van der Waals surface area contributed by atoms with Gasteiger partial charge in [0.25, 0.3) is 0 Å². The van der Waals surface area contributed by atoms with E-state index < -0.39 is 0 Å². The van der Waals surface area contributed by atoms with Crippen molar-refractivity contribution in [2.75, 3.05) is 0 Å². The fourth-order valence-electron chi connectivity index (χ4n) is 1.03. The van der Waals surface area contributed by atoms with Crippen LogP contribution in [0.5, 0.6) is 0 Å². The molecule has 0 N–H and O–H groups in total. The van der Waals surface area contributed by atoms with Gasteiger partial charge in [-0.3, -0.25) is 4.79 Å². The molecule has 0 aliphatic rings. The van der Waals surface area contributed by atoms with Crippen LogP contribution in [0.15, 0.2) is 24.3 Å². The van der Waals surface area contributed by atoms with Crippen LogP contribution >= 0.6 is 9.24 Å². The third-order valence-electron chi connectivity index (χ3n) is 1.75. The van der Waals surface area contributed by atoms with Gasteiger partial charge in [-0.25, -0.2) is 0 Å². The lowest BCUT2D eigenvalue weighted by Crippen LogP contribution is -2.14. The molecule has 12 heavy (non-hydrogen) atoms. The molecular weight excluding hydrogens is 167 g/mol. The van der Waals surface area contributed by atoms with Crippen molar-refractivity contribution >= 4 is 20.3 Å². The van der Waals surface area contributed by atoms with Gasteiger partial charge in [0.05, 0.1) is 0 Å². The van der Waals surface area contributed by atoms with Crippen molar-refractivity contribution in [1.82, 2.24) is 0 Å². The molecule has 0 bridgehead atoms. The second-order valence-corrected chi connectivity index (χ2v) is 3.73. The summed E-state index contributed by atoms with van der Waals surface area (Å²) < 4.78 is 0. The van der Waals surface area contributed by atoms with Crippen molar-refractivity contribution < 1.29 is 4.79 Å². The monoisotopic (exact) mass is 180 g/mol. The first-order valence-corrected chi connectivity index (χ1v) is 4.59. The fraction of sp³-hybridized carbons (Fsp3) is 0.300. The molecule has 0 aliphatic heterocycles. The Bertz CT molecular complexity index is 292. The molecule has 1 atom stereocenters. The van der Waals surface area contributed by atoms with Crippen LogP contribution in [-0.4, -0.2) is 5.78 Å². The molecule has 0 saturated heterocycles. The van der Waals surface area contributed by atoms with Gasteiger partial charge in [0.1, 0.15) is 0 Å². The lowest BCUT2D eigenvalue weighted by atomic mass is 10.0. The van der Waals surface area contributed by atoms with Crippen LogP contribution in [0.2, 0.25) is 0 Å². The first kappa shape index (κ1) is 9.41. The topological polar surface area (TPSA) is 17.1 Å². The number of carbonyl (C=O) groups excluding carboxylic acids is 1. The molecule has 0 heterocycles. The van der Waals surface area contributed by atoms with Crippen molar-refractivity contribution in [3.05, 3.63) is 29.8 Å². The average molecular weight is 180 g/mol. The van der Waals surface area contributed by atoms with E-state index in [1.165, 1.54) is 0 Å². The number of hydrogen-bond acceptors (Lipinski definition) is 1. The van der Waals surface area contributed by atoms with Gasteiger partial charge in [-0.2, -0.15) is 0 Å². The van der Waals surface area contributed by atoms with Crippen molar-refractivity contribution in [3.8, 4) is 0 Å². The van der Waals surface area contributed by atoms with Crippen LogP contribution in [0.1, 0.15) is 24.2 Å². The maximum absolute atomic E-state index is 11.6. The van der Waals surface area contributed by atoms with E-state index in [0.717, 1.165) is 10.9 Å². The Morgan fingerprint density at radius 1 is 1.33 bits per heavy atom. The molecule has 1 nitrogen and oxygen atoms in total. The van der Waals surface area contributed by atoms with Crippen LogP contribution < -0.4 is 5.30 Å². The number of ketones is 1. The SMILES string of the molecule is CC(C)C(=O)c1ccccc1P. The predicted molar refractivity (Wildman–Crippen MR) is 55.0 cm³/mol. The Kier molecular flexibility index (Phi) is 2.99. The fourth-order valence-corrected chi connectivity index (χ4v) is 1.38. The van der Waals surface area contributed by atoms with E-state index in [0.29, 0.717) is 0 Å². The first-order chi connectivity index (χ1) is 5.63. The molecule has 0 aromatic heterocycles. The normalized spacial score (nSPS) is 10.3. The summed E-state index contributed by atoms with van der Waals surface area (Å²) >= 11 is 0. The molecule has 0 amide bonds. The van der Waals surface area contributed by atoms with E-state index in [2.05, 4.69) is 9.24 Å². The zero-order chi connectivity index (χ0) is 9.14. The zero-order valence-corrected chi connectivity index (χ0v) is 8.53. The molecule has 1 rings (SSSR count). The Morgan fingerprint density at radius 3 is 2.42 bits per heavy atom. The number of benzene rings is 1. The van der Waals surface area contributed by atoms with Gasteiger partial charge in [0, 0.05) is 11.5 Å². The van der Waals surface area contributed by atoms with E-state index in [1.807, 2.05) is 38.1 Å². The number of hydrogen-bond donors (Lipinski definition) is 0. The van der Waals surface area contributed by atoms with Crippen LogP contribution in [0.25, 0.3) is 0 Å². The van der Waals surface area contributed by atoms with E-state index in [4.69, 9.17) is 0 Å². The Balaban J connectivity index is 3.03. The Hall–Kier alpha value is -0.680. The minimum Gasteiger partial charge on any atom is -0.294 e. The van der Waals surface area contributed by atoms with Gasteiger partial charge < -0.3 is 0 Å². The summed E-state index contributed by atoms with van der Waals surface area (Å²) in [5, 5.41) is 0.983. The van der Waals surface area contributed by atoms with Gasteiger partial charge in [-0.1, -0.05) is 38.1 Å². The van der Waals surface area contributed by atoms with Gasteiger partial charge in [0.2, 0.25) is 0 Å². The maximum atomic E-state index is 11.6. The Labute approximate surface area is 75.4 Å². The molecule has 0 spiro atoms. The van der Waals surface area contributed by atoms with E-state index >= 15 is 0 Å². The van der Waals surface area contributed by atoms with Gasteiger partial charge >= 0.3 is 0 Å². The van der Waals surface area contributed by atoms with Crippen LogP contribution in [0.3, 0.4) is 0 Å². The van der Waals surface area contributed by atoms with Gasteiger partial charge in [-0.05, 0) is 5.30 Å². The van der Waals surface area contributed by atoms with E-state index in [1.54, 1.807) is 0 Å². The number of rotatable bonds is 2. The lowest BCUT2D eigenvalue weighted by Gasteiger charge is -2.06. The number of carbonyl (C=O) groups is 1. The summed E-state index contributed by atoms with van der Waals surface area (Å²) in [6, 6.07) is 7.62. The highest BCUT2D eigenvalue weighted by Gasteiger charge is 2.11. The van der Waals surface area contributed by atoms with E-state index in [9.17, 15) is 4.79 Å². The molecule has 0 fully saturated rings. The van der Waals surface area contributed by atoms with Crippen LogP contribution in [0, 0.1) is 5.92 Å². The molecule has 1 unspecified atom stereocenters. The van der Waals surface area contributed by atoms with Gasteiger partial charge in [0.15, 0.2) is 5.78 Å². The summed E-state index contributed by atoms with van der Waals surface area (Å²) in [6.07, 6.45) is 0. The largest absolute Gasteiger partial charge is 0.294 e. The summed E-state index contributed by atoms with van der Waals surface area (Å²) in [7, 11) is 2.58. The molecule has 2 heteroatoms. The quantitative estimate of drug-likeness (QED) is 0.502. The molecule has 0 aliphatic carbocycles. The van der Waals surface area contributed by atoms with Crippen LogP contribution in [0.4, 0.5) is 0 Å². The average Bonchev–Trinajstić information content (AvgIpc) is 2.04. The van der Waals surface area contributed by atoms with Gasteiger partial charge in [-0.15, -0.1) is 9.24 Å². The lowest BCUT2D eigenvalue weighted by molar-refractivity contribution is 0.0940. The molecular formula is C10H13OP. The maximum Gasteiger partial charge on any atom is 0.166 e. The number of Topliss-reactive ketones (excluding diaryl/α,β-unsaturated/α-hetero) is 1. The summed E-state index contributed by atoms with van der Waals surface area (Å²) in [5.74, 6) is 0.285.